The van der Waals surface area contributed by atoms with Crippen molar-refractivity contribution >= 4 is 62.6 Å². The molecule has 2 aromatic rings. The molecule has 136 valence electrons. The molecule has 0 atom stereocenters. The van der Waals surface area contributed by atoms with Crippen molar-refractivity contribution in [2.24, 2.45) is 5.10 Å². The van der Waals surface area contributed by atoms with Crippen LogP contribution in [-0.2, 0) is 9.59 Å². The zero-order valence-electron chi connectivity index (χ0n) is 13.7. The summed E-state index contributed by atoms with van der Waals surface area (Å²) < 4.78 is 1.08. The normalized spacial score (nSPS) is 10.7. The molecule has 0 saturated carbocycles. The third-order valence-corrected chi connectivity index (χ3v) is 4.86. The molecule has 10 heteroatoms. The van der Waals surface area contributed by atoms with Gasteiger partial charge < -0.3 is 5.32 Å². The summed E-state index contributed by atoms with van der Waals surface area (Å²) in [5.41, 5.74) is 3.96. The first kappa shape index (κ1) is 20.0. The molecule has 26 heavy (non-hydrogen) atoms. The Kier molecular flexibility index (Phi) is 7.21. The summed E-state index contributed by atoms with van der Waals surface area (Å²) in [6.45, 7) is 1.90. The second kappa shape index (κ2) is 9.38. The van der Waals surface area contributed by atoms with Gasteiger partial charge in [-0.2, -0.15) is 5.10 Å². The molecule has 0 radical (unpaired) electrons. The number of rotatable bonds is 7. The lowest BCUT2D eigenvalue weighted by Crippen LogP contribution is -2.20. The highest BCUT2D eigenvalue weighted by molar-refractivity contribution is 14.1. The van der Waals surface area contributed by atoms with E-state index in [0.717, 1.165) is 20.5 Å². The quantitative estimate of drug-likeness (QED) is 0.270. The molecule has 2 rings (SSSR count). The van der Waals surface area contributed by atoms with Crippen molar-refractivity contribution in [2.45, 2.75) is 19.8 Å². The lowest BCUT2D eigenvalue weighted by Gasteiger charge is -2.08. The van der Waals surface area contributed by atoms with E-state index in [1.54, 1.807) is 0 Å². The fraction of sp³-hybridized carbons (Fsp3) is 0.188. The van der Waals surface area contributed by atoms with Crippen molar-refractivity contribution in [2.75, 3.05) is 5.32 Å². The number of anilines is 1. The molecule has 0 spiro atoms. The Bertz CT molecular complexity index is 866. The third-order valence-electron chi connectivity index (χ3n) is 3.22. The molecule has 0 unspecified atom stereocenters. The molecule has 0 aliphatic heterocycles. The maximum atomic E-state index is 11.9. The van der Waals surface area contributed by atoms with Gasteiger partial charge in [0.1, 0.15) is 0 Å². The number of carbonyl (C=O) groups is 2. The van der Waals surface area contributed by atoms with Crippen LogP contribution in [0.2, 0.25) is 0 Å². The second-order valence-electron chi connectivity index (χ2n) is 5.23. The van der Waals surface area contributed by atoms with Gasteiger partial charge in [0.15, 0.2) is 0 Å². The number of hydrazone groups is 1. The van der Waals surface area contributed by atoms with Gasteiger partial charge >= 0.3 is 5.00 Å². The second-order valence-corrected chi connectivity index (χ2v) is 7.57. The highest BCUT2D eigenvalue weighted by Crippen LogP contribution is 2.22. The predicted molar refractivity (Wildman–Crippen MR) is 108 cm³/mol. The van der Waals surface area contributed by atoms with Gasteiger partial charge in [-0.05, 0) is 59.3 Å². The van der Waals surface area contributed by atoms with Crippen LogP contribution in [0.1, 0.15) is 23.3 Å². The molecular weight excluding hydrogens is 471 g/mol. The average molecular weight is 486 g/mol. The van der Waals surface area contributed by atoms with E-state index in [2.05, 4.69) is 38.4 Å². The lowest BCUT2D eigenvalue weighted by atomic mass is 10.2. The van der Waals surface area contributed by atoms with E-state index < -0.39 is 10.8 Å². The average Bonchev–Trinajstić information content (AvgIpc) is 3.05. The Morgan fingerprint density at radius 1 is 1.27 bits per heavy atom. The first-order valence-corrected chi connectivity index (χ1v) is 9.37. The van der Waals surface area contributed by atoms with Crippen LogP contribution in [0.3, 0.4) is 0 Å². The number of hydrogen-bond acceptors (Lipinski definition) is 6. The molecule has 0 bridgehead atoms. The van der Waals surface area contributed by atoms with Gasteiger partial charge in [-0.25, -0.2) is 5.43 Å². The Morgan fingerprint density at radius 2 is 2.00 bits per heavy atom. The number of carbonyl (C=O) groups excluding carboxylic acids is 2. The number of nitrogens with zero attached hydrogens (tertiary/aromatic N) is 2. The van der Waals surface area contributed by atoms with E-state index in [9.17, 15) is 19.7 Å². The maximum Gasteiger partial charge on any atom is 0.324 e. The molecule has 0 saturated heterocycles. The van der Waals surface area contributed by atoms with Gasteiger partial charge in [0.05, 0.1) is 16.0 Å². The Morgan fingerprint density at radius 3 is 2.65 bits per heavy atom. The van der Waals surface area contributed by atoms with Crippen LogP contribution in [-0.4, -0.2) is 23.0 Å². The Labute approximate surface area is 167 Å². The van der Waals surface area contributed by atoms with Crippen LogP contribution in [0.4, 0.5) is 10.7 Å². The summed E-state index contributed by atoms with van der Waals surface area (Å²) in [6.07, 6.45) is 1.33. The first-order valence-electron chi connectivity index (χ1n) is 7.47. The molecule has 1 aromatic heterocycles. The van der Waals surface area contributed by atoms with Gasteiger partial charge in [0.25, 0.3) is 0 Å². The topological polar surface area (TPSA) is 114 Å². The molecule has 0 aliphatic rings. The number of benzene rings is 1. The summed E-state index contributed by atoms with van der Waals surface area (Å²) in [5.74, 6) is -0.677. The van der Waals surface area contributed by atoms with E-state index in [0.29, 0.717) is 10.6 Å². The molecule has 2 N–H and O–H groups in total. The third kappa shape index (κ3) is 6.19. The molecule has 1 heterocycles. The minimum absolute atomic E-state index is 0.000315. The van der Waals surface area contributed by atoms with E-state index in [4.69, 9.17) is 0 Å². The number of nitro groups is 1. The lowest BCUT2D eigenvalue weighted by molar-refractivity contribution is -0.380. The van der Waals surface area contributed by atoms with Crippen LogP contribution >= 0.6 is 33.9 Å². The Balaban J connectivity index is 1.76. The van der Waals surface area contributed by atoms with Gasteiger partial charge in [-0.3, -0.25) is 19.7 Å². The summed E-state index contributed by atoms with van der Waals surface area (Å²) in [5, 5.41) is 17.1. The largest absolute Gasteiger partial charge is 0.326 e. The summed E-state index contributed by atoms with van der Waals surface area (Å²) in [6, 6.07) is 8.56. The van der Waals surface area contributed by atoms with Gasteiger partial charge in [0, 0.05) is 28.2 Å². The van der Waals surface area contributed by atoms with Crippen LogP contribution < -0.4 is 10.7 Å². The fourth-order valence-electron chi connectivity index (χ4n) is 1.94. The number of thiophene rings is 1. The standard InChI is InChI=1S/C16H15IN4O4S/c1-10-8-11(17)2-4-13(10)19-14(22)5-6-15(23)20-18-9-12-3-7-16(26-12)21(24)25/h2-4,7-9H,5-6H2,1H3,(H,19,22)(H,20,23)/b18-9-. The smallest absolute Gasteiger partial charge is 0.324 e. The summed E-state index contributed by atoms with van der Waals surface area (Å²) >= 11 is 3.14. The molecular formula is C16H15IN4O4S. The van der Waals surface area contributed by atoms with Gasteiger partial charge in [0.2, 0.25) is 11.8 Å². The van der Waals surface area contributed by atoms with E-state index in [1.807, 2.05) is 25.1 Å². The summed E-state index contributed by atoms with van der Waals surface area (Å²) in [7, 11) is 0. The highest BCUT2D eigenvalue weighted by Gasteiger charge is 2.09. The molecule has 1 aromatic carbocycles. The van der Waals surface area contributed by atoms with Crippen molar-refractivity contribution < 1.29 is 14.5 Å². The minimum atomic E-state index is -0.492. The van der Waals surface area contributed by atoms with Crippen LogP contribution in [0.25, 0.3) is 0 Å². The molecule has 8 nitrogen and oxygen atoms in total. The van der Waals surface area contributed by atoms with Crippen molar-refractivity contribution in [3.63, 3.8) is 0 Å². The number of halogens is 1. The molecule has 2 amide bonds. The van der Waals surface area contributed by atoms with Crippen LogP contribution in [0.5, 0.6) is 0 Å². The fourth-order valence-corrected chi connectivity index (χ4v) is 3.28. The number of nitrogens with one attached hydrogen (secondary N) is 2. The highest BCUT2D eigenvalue weighted by atomic mass is 127. The van der Waals surface area contributed by atoms with Gasteiger partial charge in [-0.1, -0.05) is 11.3 Å². The van der Waals surface area contributed by atoms with Gasteiger partial charge in [-0.15, -0.1) is 0 Å². The SMILES string of the molecule is Cc1cc(I)ccc1NC(=O)CCC(=O)N/N=C\c1ccc([N+](=O)[O-])s1. The van der Waals surface area contributed by atoms with Crippen molar-refractivity contribution in [1.29, 1.82) is 0 Å². The summed E-state index contributed by atoms with van der Waals surface area (Å²) in [4.78, 5) is 34.3. The molecule has 0 aliphatic carbocycles. The monoisotopic (exact) mass is 486 g/mol. The van der Waals surface area contributed by atoms with Crippen molar-refractivity contribution in [3.8, 4) is 0 Å². The Hall–Kier alpha value is -2.34. The number of hydrogen-bond donors (Lipinski definition) is 2. The van der Waals surface area contributed by atoms with E-state index in [1.165, 1.54) is 18.3 Å². The zero-order chi connectivity index (χ0) is 19.1. The zero-order valence-corrected chi connectivity index (χ0v) is 16.7. The minimum Gasteiger partial charge on any atom is -0.326 e. The van der Waals surface area contributed by atoms with Crippen molar-refractivity contribution in [1.82, 2.24) is 5.43 Å². The predicted octanol–water partition coefficient (Wildman–Crippen LogP) is 3.44. The van der Waals surface area contributed by atoms with E-state index >= 15 is 0 Å². The molecule has 0 fully saturated rings. The van der Waals surface area contributed by atoms with Crippen LogP contribution in [0, 0.1) is 20.6 Å². The van der Waals surface area contributed by atoms with Crippen LogP contribution in [0.15, 0.2) is 35.4 Å². The number of aryl methyl sites for hydroxylation is 1. The maximum absolute atomic E-state index is 11.9. The first-order chi connectivity index (χ1) is 12.3. The van der Waals surface area contributed by atoms with E-state index in [-0.39, 0.29) is 23.7 Å². The number of amides is 2. The van der Waals surface area contributed by atoms with Crippen molar-refractivity contribution in [3.05, 3.63) is 54.5 Å².